The predicted molar refractivity (Wildman–Crippen MR) is 82.6 cm³/mol. The minimum Gasteiger partial charge on any atom is -0.352 e. The maximum Gasteiger partial charge on any atom is 0.234 e. The van der Waals surface area contributed by atoms with Gasteiger partial charge in [-0.05, 0) is 32.1 Å². The van der Waals surface area contributed by atoms with Crippen molar-refractivity contribution in [2.45, 2.75) is 65.1 Å². The van der Waals surface area contributed by atoms with Crippen LogP contribution in [-0.2, 0) is 4.79 Å². The Kier molecular flexibility index (Phi) is 5.44. The van der Waals surface area contributed by atoms with E-state index in [-0.39, 0.29) is 5.91 Å². The van der Waals surface area contributed by atoms with Crippen molar-refractivity contribution in [1.29, 1.82) is 0 Å². The molecule has 4 heteroatoms. The molecule has 1 aliphatic heterocycles. The fourth-order valence-electron chi connectivity index (χ4n) is 3.81. The molecule has 1 saturated heterocycles. The lowest BCUT2D eigenvalue weighted by atomic mass is 9.78. The molecule has 5 atom stereocenters. The van der Waals surface area contributed by atoms with Gasteiger partial charge < -0.3 is 10.6 Å². The van der Waals surface area contributed by atoms with Crippen molar-refractivity contribution in [3.63, 3.8) is 0 Å². The fraction of sp³-hybridized carbons (Fsp3) is 0.938. The maximum atomic E-state index is 12.3. The zero-order valence-corrected chi connectivity index (χ0v) is 13.5. The summed E-state index contributed by atoms with van der Waals surface area (Å²) < 4.78 is 0. The Balaban J connectivity index is 1.80. The van der Waals surface area contributed by atoms with Crippen molar-refractivity contribution < 1.29 is 4.79 Å². The first-order valence-corrected chi connectivity index (χ1v) is 8.23. The first-order chi connectivity index (χ1) is 9.45. The number of rotatable bonds is 3. The van der Waals surface area contributed by atoms with Gasteiger partial charge in [0.2, 0.25) is 5.91 Å². The van der Waals surface area contributed by atoms with Crippen LogP contribution in [0.5, 0.6) is 0 Å². The van der Waals surface area contributed by atoms with Gasteiger partial charge in [0.05, 0.1) is 6.54 Å². The molecule has 4 nitrogen and oxygen atoms in total. The monoisotopic (exact) mass is 281 g/mol. The van der Waals surface area contributed by atoms with E-state index in [1.807, 2.05) is 0 Å². The topological polar surface area (TPSA) is 44.4 Å². The number of piperazine rings is 1. The highest BCUT2D eigenvalue weighted by atomic mass is 16.2. The largest absolute Gasteiger partial charge is 0.352 e. The van der Waals surface area contributed by atoms with E-state index in [0.29, 0.717) is 30.6 Å². The van der Waals surface area contributed by atoms with Crippen LogP contribution in [0.4, 0.5) is 0 Å². The summed E-state index contributed by atoms with van der Waals surface area (Å²) in [5.41, 5.74) is 0. The molecule has 0 aromatic carbocycles. The number of carbonyl (C=O) groups is 1. The molecule has 2 fully saturated rings. The average Bonchev–Trinajstić information content (AvgIpc) is 2.33. The lowest BCUT2D eigenvalue weighted by molar-refractivity contribution is -0.124. The van der Waals surface area contributed by atoms with Crippen molar-refractivity contribution >= 4 is 5.91 Å². The zero-order chi connectivity index (χ0) is 14.7. The van der Waals surface area contributed by atoms with Crippen LogP contribution in [0, 0.1) is 11.8 Å². The Morgan fingerprint density at radius 3 is 2.45 bits per heavy atom. The second-order valence-electron chi connectivity index (χ2n) is 7.10. The second-order valence-corrected chi connectivity index (χ2v) is 7.10. The van der Waals surface area contributed by atoms with Gasteiger partial charge in [0.25, 0.3) is 0 Å². The van der Waals surface area contributed by atoms with E-state index in [9.17, 15) is 4.79 Å². The third kappa shape index (κ3) is 4.19. The van der Waals surface area contributed by atoms with E-state index in [1.54, 1.807) is 0 Å². The van der Waals surface area contributed by atoms with Gasteiger partial charge >= 0.3 is 0 Å². The normalized spacial score (nSPS) is 39.5. The van der Waals surface area contributed by atoms with Crippen molar-refractivity contribution in [3.05, 3.63) is 0 Å². The molecule has 1 heterocycles. The standard InChI is InChI=1S/C16H31N3O/c1-11-6-5-7-15(14(11)4)18-16(20)10-19-8-12(2)17-13(3)9-19/h11-15,17H,5-10H2,1-4H3,(H,18,20). The van der Waals surface area contributed by atoms with E-state index in [0.717, 1.165) is 25.4 Å². The van der Waals surface area contributed by atoms with Gasteiger partial charge in [-0.25, -0.2) is 0 Å². The number of carbonyl (C=O) groups excluding carboxylic acids is 1. The fourth-order valence-corrected chi connectivity index (χ4v) is 3.81. The molecule has 116 valence electrons. The summed E-state index contributed by atoms with van der Waals surface area (Å²) in [6.45, 7) is 11.4. The zero-order valence-electron chi connectivity index (χ0n) is 13.5. The van der Waals surface area contributed by atoms with Crippen molar-refractivity contribution in [2.24, 2.45) is 11.8 Å². The van der Waals surface area contributed by atoms with Gasteiger partial charge in [0.1, 0.15) is 0 Å². The highest BCUT2D eigenvalue weighted by Crippen LogP contribution is 2.29. The summed E-state index contributed by atoms with van der Waals surface area (Å²) in [6.07, 6.45) is 3.70. The van der Waals surface area contributed by atoms with Crippen molar-refractivity contribution in [2.75, 3.05) is 19.6 Å². The lowest BCUT2D eigenvalue weighted by Gasteiger charge is -2.37. The Morgan fingerprint density at radius 2 is 1.80 bits per heavy atom. The lowest BCUT2D eigenvalue weighted by Crippen LogP contribution is -2.56. The van der Waals surface area contributed by atoms with E-state index in [4.69, 9.17) is 0 Å². The Bertz CT molecular complexity index is 324. The Labute approximate surface area is 123 Å². The van der Waals surface area contributed by atoms with Gasteiger partial charge in [-0.3, -0.25) is 9.69 Å². The minimum absolute atomic E-state index is 0.206. The average molecular weight is 281 g/mol. The van der Waals surface area contributed by atoms with Gasteiger partial charge in [0, 0.05) is 31.2 Å². The van der Waals surface area contributed by atoms with Gasteiger partial charge in [-0.15, -0.1) is 0 Å². The molecule has 2 N–H and O–H groups in total. The van der Waals surface area contributed by atoms with Crippen LogP contribution in [0.3, 0.4) is 0 Å². The second kappa shape index (κ2) is 6.90. The molecule has 20 heavy (non-hydrogen) atoms. The highest BCUT2D eigenvalue weighted by molar-refractivity contribution is 5.78. The molecule has 0 radical (unpaired) electrons. The summed E-state index contributed by atoms with van der Waals surface area (Å²) in [7, 11) is 0. The summed E-state index contributed by atoms with van der Waals surface area (Å²) in [5, 5.41) is 6.78. The molecule has 1 amide bonds. The van der Waals surface area contributed by atoms with Gasteiger partial charge in [-0.1, -0.05) is 26.7 Å². The van der Waals surface area contributed by atoms with E-state index >= 15 is 0 Å². The Morgan fingerprint density at radius 1 is 1.15 bits per heavy atom. The minimum atomic E-state index is 0.206. The van der Waals surface area contributed by atoms with Crippen LogP contribution in [0.25, 0.3) is 0 Å². The molecular weight excluding hydrogens is 250 g/mol. The van der Waals surface area contributed by atoms with E-state index in [1.165, 1.54) is 12.8 Å². The molecule has 5 unspecified atom stereocenters. The molecular formula is C16H31N3O. The van der Waals surface area contributed by atoms with Crippen molar-refractivity contribution in [3.8, 4) is 0 Å². The highest BCUT2D eigenvalue weighted by Gasteiger charge is 2.29. The Hall–Kier alpha value is -0.610. The van der Waals surface area contributed by atoms with Crippen LogP contribution in [0.15, 0.2) is 0 Å². The van der Waals surface area contributed by atoms with Crippen molar-refractivity contribution in [1.82, 2.24) is 15.5 Å². The molecule has 2 rings (SSSR count). The summed E-state index contributed by atoms with van der Waals surface area (Å²) in [6, 6.07) is 1.32. The molecule has 0 bridgehead atoms. The summed E-state index contributed by atoms with van der Waals surface area (Å²) in [5.74, 6) is 1.54. The molecule has 0 spiro atoms. The molecule has 2 aliphatic rings. The number of amides is 1. The molecule has 0 aromatic rings. The molecule has 0 aromatic heterocycles. The van der Waals surface area contributed by atoms with Crippen LogP contribution in [0.1, 0.15) is 47.0 Å². The molecule has 1 saturated carbocycles. The SMILES string of the molecule is CC1CN(CC(=O)NC2CCCC(C)C2C)CC(C)N1. The number of nitrogens with zero attached hydrogens (tertiary/aromatic N) is 1. The summed E-state index contributed by atoms with van der Waals surface area (Å²) >= 11 is 0. The van der Waals surface area contributed by atoms with Gasteiger partial charge in [-0.2, -0.15) is 0 Å². The maximum absolute atomic E-state index is 12.3. The van der Waals surface area contributed by atoms with Crippen LogP contribution in [0.2, 0.25) is 0 Å². The predicted octanol–water partition coefficient (Wildman–Crippen LogP) is 1.61. The smallest absolute Gasteiger partial charge is 0.234 e. The quantitative estimate of drug-likeness (QED) is 0.826. The summed E-state index contributed by atoms with van der Waals surface area (Å²) in [4.78, 5) is 14.5. The number of hydrogen-bond donors (Lipinski definition) is 2. The third-order valence-electron chi connectivity index (χ3n) is 5.05. The molecule has 1 aliphatic carbocycles. The first kappa shape index (κ1) is 15.8. The van der Waals surface area contributed by atoms with E-state index < -0.39 is 0 Å². The first-order valence-electron chi connectivity index (χ1n) is 8.23. The third-order valence-corrected chi connectivity index (χ3v) is 5.05. The number of nitrogens with one attached hydrogen (secondary N) is 2. The van der Waals surface area contributed by atoms with Crippen LogP contribution < -0.4 is 10.6 Å². The van der Waals surface area contributed by atoms with Crippen LogP contribution >= 0.6 is 0 Å². The van der Waals surface area contributed by atoms with E-state index in [2.05, 4.69) is 43.2 Å². The number of hydrogen-bond acceptors (Lipinski definition) is 3. The van der Waals surface area contributed by atoms with Gasteiger partial charge in [0.15, 0.2) is 0 Å². The van der Waals surface area contributed by atoms with Crippen LogP contribution in [-0.4, -0.2) is 48.6 Å².